The first-order valence-corrected chi connectivity index (χ1v) is 5.94. The molecule has 6 nitrogen and oxygen atoms in total. The first-order valence-electron chi connectivity index (χ1n) is 5.94. The number of nitro groups is 1. The molecule has 0 bridgehead atoms. The van der Waals surface area contributed by atoms with Gasteiger partial charge in [-0.15, -0.1) is 0 Å². The Balaban J connectivity index is 2.18. The number of carbonyl (C=O) groups excluding carboxylic acids is 1. The highest BCUT2D eigenvalue weighted by atomic mass is 16.6. The van der Waals surface area contributed by atoms with Crippen molar-refractivity contribution in [2.24, 2.45) is 5.92 Å². The summed E-state index contributed by atoms with van der Waals surface area (Å²) in [6.45, 7) is 2.98. The molecule has 2 rings (SSSR count). The number of hydrogen-bond donors (Lipinski definition) is 0. The molecule has 0 saturated carbocycles. The number of pyridine rings is 1. The molecular formula is C12H15N3O3. The predicted molar refractivity (Wildman–Crippen MR) is 66.5 cm³/mol. The van der Waals surface area contributed by atoms with Crippen LogP contribution >= 0.6 is 0 Å². The van der Waals surface area contributed by atoms with E-state index in [1.165, 1.54) is 18.3 Å². The summed E-state index contributed by atoms with van der Waals surface area (Å²) in [5.74, 6) is 0.764. The minimum Gasteiger partial charge on any atom is -0.356 e. The van der Waals surface area contributed by atoms with Gasteiger partial charge >= 0.3 is 0 Å². The minimum absolute atomic E-state index is 0.0137. The first-order chi connectivity index (χ1) is 8.58. The van der Waals surface area contributed by atoms with Crippen LogP contribution in [0.5, 0.6) is 0 Å². The molecular weight excluding hydrogens is 234 g/mol. The Kier molecular flexibility index (Phi) is 3.55. The van der Waals surface area contributed by atoms with Gasteiger partial charge in [0.1, 0.15) is 11.6 Å². The molecule has 0 aromatic carbocycles. The number of nitrogens with zero attached hydrogens (tertiary/aromatic N) is 3. The Morgan fingerprint density at radius 1 is 1.61 bits per heavy atom. The van der Waals surface area contributed by atoms with Crippen LogP contribution in [0.3, 0.4) is 0 Å². The topological polar surface area (TPSA) is 76.3 Å². The molecule has 0 amide bonds. The van der Waals surface area contributed by atoms with Gasteiger partial charge in [-0.25, -0.2) is 4.98 Å². The summed E-state index contributed by atoms with van der Waals surface area (Å²) in [6, 6.07) is 2.83. The molecule has 1 fully saturated rings. The summed E-state index contributed by atoms with van der Waals surface area (Å²) >= 11 is 0. The zero-order valence-corrected chi connectivity index (χ0v) is 10.2. The molecule has 1 saturated heterocycles. The number of Topliss-reactive ketones (excluding diaryl/α,β-unsaturated/α-hetero) is 1. The van der Waals surface area contributed by atoms with E-state index in [0.717, 1.165) is 19.4 Å². The SMILES string of the molecule is CC(=O)C1CCCN(c2cc([N+](=O)[O-])ccn2)C1. The summed E-state index contributed by atoms with van der Waals surface area (Å²) in [5.41, 5.74) is 0.0324. The Morgan fingerprint density at radius 3 is 3.06 bits per heavy atom. The van der Waals surface area contributed by atoms with E-state index in [2.05, 4.69) is 4.98 Å². The number of ketones is 1. The summed E-state index contributed by atoms with van der Waals surface area (Å²) in [7, 11) is 0. The van der Waals surface area contributed by atoms with E-state index in [4.69, 9.17) is 0 Å². The van der Waals surface area contributed by atoms with Crippen LogP contribution < -0.4 is 4.90 Å². The number of hydrogen-bond acceptors (Lipinski definition) is 5. The van der Waals surface area contributed by atoms with Gasteiger partial charge in [-0.2, -0.15) is 0 Å². The largest absolute Gasteiger partial charge is 0.356 e. The fraction of sp³-hybridized carbons (Fsp3) is 0.500. The molecule has 96 valence electrons. The average molecular weight is 249 g/mol. The highest BCUT2D eigenvalue weighted by Crippen LogP contribution is 2.24. The zero-order chi connectivity index (χ0) is 13.1. The van der Waals surface area contributed by atoms with Crippen LogP contribution in [-0.4, -0.2) is 28.8 Å². The molecule has 18 heavy (non-hydrogen) atoms. The van der Waals surface area contributed by atoms with Gasteiger partial charge in [0.05, 0.1) is 11.0 Å². The van der Waals surface area contributed by atoms with E-state index in [9.17, 15) is 14.9 Å². The number of anilines is 1. The van der Waals surface area contributed by atoms with E-state index in [1.54, 1.807) is 6.92 Å². The third-order valence-corrected chi connectivity index (χ3v) is 3.26. The summed E-state index contributed by atoms with van der Waals surface area (Å²) in [6.07, 6.45) is 3.24. The van der Waals surface area contributed by atoms with Crippen LogP contribution in [0, 0.1) is 16.0 Å². The van der Waals surface area contributed by atoms with Gasteiger partial charge in [-0.3, -0.25) is 14.9 Å². The average Bonchev–Trinajstić information content (AvgIpc) is 2.39. The fourth-order valence-electron chi connectivity index (χ4n) is 2.21. The number of rotatable bonds is 3. The summed E-state index contributed by atoms with van der Waals surface area (Å²) in [5, 5.41) is 10.7. The zero-order valence-electron chi connectivity index (χ0n) is 10.2. The van der Waals surface area contributed by atoms with Gasteiger partial charge < -0.3 is 4.90 Å². The minimum atomic E-state index is -0.433. The highest BCUT2D eigenvalue weighted by molar-refractivity contribution is 5.79. The monoisotopic (exact) mass is 249 g/mol. The van der Waals surface area contributed by atoms with E-state index in [0.29, 0.717) is 12.4 Å². The third kappa shape index (κ3) is 2.64. The maximum atomic E-state index is 11.4. The van der Waals surface area contributed by atoms with Crippen LogP contribution in [0.2, 0.25) is 0 Å². The number of aromatic nitrogens is 1. The van der Waals surface area contributed by atoms with Crippen molar-refractivity contribution in [1.82, 2.24) is 4.98 Å². The Labute approximate surface area is 105 Å². The van der Waals surface area contributed by atoms with Crippen LogP contribution in [-0.2, 0) is 4.79 Å². The molecule has 1 aliphatic heterocycles. The van der Waals surface area contributed by atoms with E-state index in [-0.39, 0.29) is 17.4 Å². The Bertz CT molecular complexity index is 475. The van der Waals surface area contributed by atoms with Gasteiger partial charge in [0.15, 0.2) is 0 Å². The smallest absolute Gasteiger partial charge is 0.274 e. The van der Waals surface area contributed by atoms with Crippen LogP contribution in [0.25, 0.3) is 0 Å². The molecule has 1 aliphatic rings. The molecule has 0 N–H and O–H groups in total. The normalized spacial score (nSPS) is 19.6. The van der Waals surface area contributed by atoms with Gasteiger partial charge in [0.25, 0.3) is 5.69 Å². The summed E-state index contributed by atoms with van der Waals surface area (Å²) in [4.78, 5) is 27.8. The predicted octanol–water partition coefficient (Wildman–Crippen LogP) is 1.80. The lowest BCUT2D eigenvalue weighted by atomic mass is 9.94. The first kappa shape index (κ1) is 12.5. The van der Waals surface area contributed by atoms with Crippen molar-refractivity contribution in [2.75, 3.05) is 18.0 Å². The highest BCUT2D eigenvalue weighted by Gasteiger charge is 2.24. The Hall–Kier alpha value is -1.98. The lowest BCUT2D eigenvalue weighted by Crippen LogP contribution is -2.38. The molecule has 1 unspecified atom stereocenters. The van der Waals surface area contributed by atoms with E-state index in [1.807, 2.05) is 4.90 Å². The van der Waals surface area contributed by atoms with Gasteiger partial charge in [-0.1, -0.05) is 0 Å². The Morgan fingerprint density at radius 2 is 2.39 bits per heavy atom. The van der Waals surface area contributed by atoms with Gasteiger partial charge in [0, 0.05) is 31.3 Å². The molecule has 0 radical (unpaired) electrons. The van der Waals surface area contributed by atoms with Crippen LogP contribution in [0.1, 0.15) is 19.8 Å². The maximum absolute atomic E-state index is 11.4. The standard InChI is InChI=1S/C12H15N3O3/c1-9(16)10-3-2-6-14(8-10)12-7-11(15(17)18)4-5-13-12/h4-5,7,10H,2-3,6,8H2,1H3. The second kappa shape index (κ2) is 5.12. The maximum Gasteiger partial charge on any atom is 0.274 e. The molecule has 1 aromatic rings. The van der Waals surface area contributed by atoms with Crippen molar-refractivity contribution in [3.63, 3.8) is 0 Å². The lowest BCUT2D eigenvalue weighted by molar-refractivity contribution is -0.384. The quantitative estimate of drug-likeness (QED) is 0.603. The van der Waals surface area contributed by atoms with Crippen molar-refractivity contribution < 1.29 is 9.72 Å². The van der Waals surface area contributed by atoms with Crippen molar-refractivity contribution >= 4 is 17.3 Å². The summed E-state index contributed by atoms with van der Waals surface area (Å²) < 4.78 is 0. The molecule has 1 aromatic heterocycles. The molecule has 6 heteroatoms. The van der Waals surface area contributed by atoms with Crippen LogP contribution in [0.15, 0.2) is 18.3 Å². The lowest BCUT2D eigenvalue weighted by Gasteiger charge is -2.32. The van der Waals surface area contributed by atoms with E-state index >= 15 is 0 Å². The number of piperidine rings is 1. The van der Waals surface area contributed by atoms with Gasteiger partial charge in [-0.05, 0) is 19.8 Å². The third-order valence-electron chi connectivity index (χ3n) is 3.26. The van der Waals surface area contributed by atoms with Crippen molar-refractivity contribution in [2.45, 2.75) is 19.8 Å². The second-order valence-corrected chi connectivity index (χ2v) is 4.53. The molecule has 0 spiro atoms. The fourth-order valence-corrected chi connectivity index (χ4v) is 2.21. The van der Waals surface area contributed by atoms with Crippen molar-refractivity contribution in [3.05, 3.63) is 28.4 Å². The van der Waals surface area contributed by atoms with Crippen molar-refractivity contribution in [3.8, 4) is 0 Å². The molecule has 1 atom stereocenters. The van der Waals surface area contributed by atoms with Crippen molar-refractivity contribution in [1.29, 1.82) is 0 Å². The molecule has 0 aliphatic carbocycles. The van der Waals surface area contributed by atoms with E-state index < -0.39 is 4.92 Å². The molecule has 2 heterocycles. The van der Waals surface area contributed by atoms with Gasteiger partial charge in [0.2, 0.25) is 0 Å². The van der Waals surface area contributed by atoms with Crippen LogP contribution in [0.4, 0.5) is 11.5 Å². The number of carbonyl (C=O) groups is 1. The second-order valence-electron chi connectivity index (χ2n) is 4.53.